The molecular formula is C18H16ClN3O2S. The van der Waals surface area contributed by atoms with Crippen molar-refractivity contribution < 1.29 is 9.21 Å². The molecule has 2 aromatic heterocycles. The number of hydrogen-bond acceptors (Lipinski definition) is 5. The Labute approximate surface area is 154 Å². The summed E-state index contributed by atoms with van der Waals surface area (Å²) in [7, 11) is 0. The molecule has 1 aliphatic heterocycles. The summed E-state index contributed by atoms with van der Waals surface area (Å²) in [4.78, 5) is 14.6. The highest BCUT2D eigenvalue weighted by atomic mass is 35.5. The first-order valence-corrected chi connectivity index (χ1v) is 9.44. The maximum Gasteiger partial charge on any atom is 0.255 e. The minimum absolute atomic E-state index is 0.0483. The summed E-state index contributed by atoms with van der Waals surface area (Å²) >= 11 is 7.75. The lowest BCUT2D eigenvalue weighted by atomic mass is 9.97. The predicted octanol–water partition coefficient (Wildman–Crippen LogP) is 4.47. The summed E-state index contributed by atoms with van der Waals surface area (Å²) < 4.78 is 5.85. The third-order valence-corrected chi connectivity index (χ3v) is 5.38. The average Bonchev–Trinajstić information content (AvgIpc) is 3.33. The van der Waals surface area contributed by atoms with Crippen molar-refractivity contribution in [2.45, 2.75) is 18.8 Å². The van der Waals surface area contributed by atoms with E-state index in [4.69, 9.17) is 16.0 Å². The van der Waals surface area contributed by atoms with E-state index in [1.54, 1.807) is 23.5 Å². The first kappa shape index (κ1) is 16.3. The number of hydrogen-bond donors (Lipinski definition) is 0. The SMILES string of the molecule is O=C(c1ccccc1Cl)N1CCCC(c2nnc(-c3ccsc3)o2)C1. The zero-order chi connectivity index (χ0) is 17.2. The fourth-order valence-electron chi connectivity index (χ4n) is 3.07. The number of likely N-dealkylation sites (tertiary alicyclic amines) is 1. The largest absolute Gasteiger partial charge is 0.420 e. The maximum atomic E-state index is 12.8. The van der Waals surface area contributed by atoms with Crippen molar-refractivity contribution in [2.24, 2.45) is 0 Å². The Morgan fingerprint density at radius 1 is 1.28 bits per heavy atom. The standard InChI is InChI=1S/C18H16ClN3O2S/c19-15-6-2-1-5-14(15)18(23)22-8-3-4-12(10-22)16-20-21-17(24-16)13-7-9-25-11-13/h1-2,5-7,9,11-12H,3-4,8,10H2. The quantitative estimate of drug-likeness (QED) is 0.679. The average molecular weight is 374 g/mol. The molecule has 0 aliphatic carbocycles. The van der Waals surface area contributed by atoms with Crippen LogP contribution in [0, 0.1) is 0 Å². The van der Waals surface area contributed by atoms with E-state index in [0.29, 0.717) is 35.5 Å². The van der Waals surface area contributed by atoms with Crippen LogP contribution in [0.5, 0.6) is 0 Å². The van der Waals surface area contributed by atoms with E-state index in [1.165, 1.54) is 0 Å². The molecule has 0 spiro atoms. The lowest BCUT2D eigenvalue weighted by Gasteiger charge is -2.31. The number of benzene rings is 1. The Hall–Kier alpha value is -2.18. The monoisotopic (exact) mass is 373 g/mol. The van der Waals surface area contributed by atoms with Gasteiger partial charge in [-0.3, -0.25) is 4.79 Å². The van der Waals surface area contributed by atoms with Gasteiger partial charge < -0.3 is 9.32 Å². The van der Waals surface area contributed by atoms with Crippen molar-refractivity contribution in [1.29, 1.82) is 0 Å². The molecule has 1 fully saturated rings. The van der Waals surface area contributed by atoms with Crippen molar-refractivity contribution in [2.75, 3.05) is 13.1 Å². The van der Waals surface area contributed by atoms with Gasteiger partial charge in [-0.1, -0.05) is 23.7 Å². The van der Waals surface area contributed by atoms with Crippen molar-refractivity contribution in [3.63, 3.8) is 0 Å². The van der Waals surface area contributed by atoms with Gasteiger partial charge in [-0.05, 0) is 36.4 Å². The molecule has 5 nitrogen and oxygen atoms in total. The van der Waals surface area contributed by atoms with Crippen LogP contribution in [0.25, 0.3) is 11.5 Å². The van der Waals surface area contributed by atoms with E-state index in [-0.39, 0.29) is 11.8 Å². The first-order chi connectivity index (χ1) is 12.2. The first-order valence-electron chi connectivity index (χ1n) is 8.12. The summed E-state index contributed by atoms with van der Waals surface area (Å²) in [6.45, 7) is 1.28. The number of thiophene rings is 1. The van der Waals surface area contributed by atoms with Gasteiger partial charge in [0, 0.05) is 24.0 Å². The molecule has 25 heavy (non-hydrogen) atoms. The van der Waals surface area contributed by atoms with Gasteiger partial charge >= 0.3 is 0 Å². The second-order valence-corrected chi connectivity index (χ2v) is 7.21. The Balaban J connectivity index is 1.51. The second-order valence-electron chi connectivity index (χ2n) is 6.03. The molecule has 0 radical (unpaired) electrons. The molecule has 4 rings (SSSR count). The zero-order valence-corrected chi connectivity index (χ0v) is 15.0. The molecule has 128 valence electrons. The van der Waals surface area contributed by atoms with Gasteiger partial charge in [0.1, 0.15) is 0 Å². The molecule has 3 aromatic rings. The molecule has 1 atom stereocenters. The van der Waals surface area contributed by atoms with Crippen LogP contribution in [-0.2, 0) is 0 Å². The number of carbonyl (C=O) groups is 1. The second kappa shape index (κ2) is 6.98. The normalized spacial score (nSPS) is 17.6. The third kappa shape index (κ3) is 3.32. The Morgan fingerprint density at radius 2 is 2.16 bits per heavy atom. The van der Waals surface area contributed by atoms with Gasteiger partial charge in [0.15, 0.2) is 0 Å². The van der Waals surface area contributed by atoms with Crippen LogP contribution >= 0.6 is 22.9 Å². The van der Waals surface area contributed by atoms with Crippen molar-refractivity contribution in [1.82, 2.24) is 15.1 Å². The topological polar surface area (TPSA) is 59.2 Å². The molecule has 0 N–H and O–H groups in total. The van der Waals surface area contributed by atoms with E-state index in [1.807, 2.05) is 33.9 Å². The molecule has 0 bridgehead atoms. The fraction of sp³-hybridized carbons (Fsp3) is 0.278. The van der Waals surface area contributed by atoms with E-state index < -0.39 is 0 Å². The van der Waals surface area contributed by atoms with Crippen molar-refractivity contribution >= 4 is 28.8 Å². The predicted molar refractivity (Wildman–Crippen MR) is 96.9 cm³/mol. The molecular weight excluding hydrogens is 358 g/mol. The molecule has 3 heterocycles. The van der Waals surface area contributed by atoms with E-state index in [2.05, 4.69) is 10.2 Å². The van der Waals surface area contributed by atoms with Crippen LogP contribution < -0.4 is 0 Å². The Kier molecular flexibility index (Phi) is 4.55. The van der Waals surface area contributed by atoms with Crippen LogP contribution in [-0.4, -0.2) is 34.1 Å². The molecule has 1 unspecified atom stereocenters. The van der Waals surface area contributed by atoms with Gasteiger partial charge in [0.25, 0.3) is 5.91 Å². The summed E-state index contributed by atoms with van der Waals surface area (Å²) in [5.74, 6) is 1.14. The molecule has 1 saturated heterocycles. The van der Waals surface area contributed by atoms with Gasteiger partial charge in [-0.15, -0.1) is 10.2 Å². The van der Waals surface area contributed by atoms with Crippen molar-refractivity contribution in [3.05, 3.63) is 57.6 Å². The molecule has 1 aromatic carbocycles. The fourth-order valence-corrected chi connectivity index (χ4v) is 3.92. The summed E-state index contributed by atoms with van der Waals surface area (Å²) in [6, 6.07) is 9.10. The lowest BCUT2D eigenvalue weighted by Crippen LogP contribution is -2.39. The Morgan fingerprint density at radius 3 is 2.96 bits per heavy atom. The summed E-state index contributed by atoms with van der Waals surface area (Å²) in [6.07, 6.45) is 1.83. The van der Waals surface area contributed by atoms with Gasteiger partial charge in [-0.2, -0.15) is 11.3 Å². The van der Waals surface area contributed by atoms with Crippen LogP contribution in [0.15, 0.2) is 45.5 Å². The number of carbonyl (C=O) groups excluding carboxylic acids is 1. The van der Waals surface area contributed by atoms with Gasteiger partial charge in [0.05, 0.1) is 16.5 Å². The molecule has 0 saturated carbocycles. The minimum Gasteiger partial charge on any atom is -0.420 e. The van der Waals surface area contributed by atoms with Crippen molar-refractivity contribution in [3.8, 4) is 11.5 Å². The van der Waals surface area contributed by atoms with Crippen LogP contribution in [0.4, 0.5) is 0 Å². The number of halogens is 1. The van der Waals surface area contributed by atoms with Gasteiger partial charge in [0.2, 0.25) is 11.8 Å². The number of rotatable bonds is 3. The highest BCUT2D eigenvalue weighted by Gasteiger charge is 2.29. The van der Waals surface area contributed by atoms with Crippen LogP contribution in [0.3, 0.4) is 0 Å². The number of piperidine rings is 1. The van der Waals surface area contributed by atoms with E-state index >= 15 is 0 Å². The summed E-state index contributed by atoms with van der Waals surface area (Å²) in [5.41, 5.74) is 1.47. The van der Waals surface area contributed by atoms with Gasteiger partial charge in [-0.25, -0.2) is 0 Å². The number of aromatic nitrogens is 2. The maximum absolute atomic E-state index is 12.8. The summed E-state index contributed by atoms with van der Waals surface area (Å²) in [5, 5.41) is 12.8. The van der Waals surface area contributed by atoms with Crippen LogP contribution in [0.2, 0.25) is 5.02 Å². The molecule has 7 heteroatoms. The third-order valence-electron chi connectivity index (χ3n) is 4.37. The van der Waals surface area contributed by atoms with E-state index in [0.717, 1.165) is 18.4 Å². The number of nitrogens with zero attached hydrogens (tertiary/aromatic N) is 3. The highest BCUT2D eigenvalue weighted by molar-refractivity contribution is 7.08. The molecule has 1 aliphatic rings. The van der Waals surface area contributed by atoms with Crippen LogP contribution in [0.1, 0.15) is 35.0 Å². The highest BCUT2D eigenvalue weighted by Crippen LogP contribution is 2.30. The smallest absolute Gasteiger partial charge is 0.255 e. The Bertz CT molecular complexity index is 878. The minimum atomic E-state index is -0.0483. The van der Waals surface area contributed by atoms with E-state index in [9.17, 15) is 4.79 Å². The zero-order valence-electron chi connectivity index (χ0n) is 13.4. The lowest BCUT2D eigenvalue weighted by molar-refractivity contribution is 0.0698. The molecule has 1 amide bonds. The number of amides is 1.